The van der Waals surface area contributed by atoms with Crippen LogP contribution in [0.5, 0.6) is 0 Å². The van der Waals surface area contributed by atoms with Gasteiger partial charge in [0.05, 0.1) is 11.1 Å². The van der Waals surface area contributed by atoms with Gasteiger partial charge in [0.25, 0.3) is 11.8 Å². The zero-order valence-electron chi connectivity index (χ0n) is 10.5. The van der Waals surface area contributed by atoms with Gasteiger partial charge in [-0.25, -0.2) is 0 Å². The van der Waals surface area contributed by atoms with E-state index in [0.717, 1.165) is 4.90 Å². The molecule has 0 aromatic heterocycles. The van der Waals surface area contributed by atoms with Crippen LogP contribution in [0.3, 0.4) is 0 Å². The van der Waals surface area contributed by atoms with Gasteiger partial charge in [0, 0.05) is 0 Å². The first-order valence-corrected chi connectivity index (χ1v) is 7.22. The molecule has 0 spiro atoms. The average molecular weight is 278 g/mol. The Bertz CT molecular complexity index is 509. The van der Waals surface area contributed by atoms with E-state index in [2.05, 4.69) is 0 Å². The van der Waals surface area contributed by atoms with E-state index < -0.39 is 23.8 Å². The van der Waals surface area contributed by atoms with Crippen molar-refractivity contribution in [1.29, 1.82) is 0 Å². The zero-order valence-corrected chi connectivity index (χ0v) is 11.3. The number of fused-ring (bicyclic) bond motifs is 1. The van der Waals surface area contributed by atoms with Crippen molar-refractivity contribution in [2.75, 3.05) is 12.0 Å². The summed E-state index contributed by atoms with van der Waals surface area (Å²) in [6.45, 7) is 0. The summed E-state index contributed by atoms with van der Waals surface area (Å²) in [6.07, 6.45) is 2.27. The van der Waals surface area contributed by atoms with Crippen molar-refractivity contribution in [3.05, 3.63) is 35.4 Å². The van der Waals surface area contributed by atoms with Gasteiger partial charge in [0.15, 0.2) is 0 Å². The molecule has 1 atom stereocenters. The molecule has 1 unspecified atom stereocenters. The van der Waals surface area contributed by atoms with Gasteiger partial charge in [-0.2, -0.15) is 11.8 Å². The number of hydrogen-bond acceptors (Lipinski definition) is 4. The SMILES string of the molecule is CSCCC(C(N)=O)N1C(=O)c2ccccc2C1=O. The summed E-state index contributed by atoms with van der Waals surface area (Å²) in [5.74, 6) is -0.874. The van der Waals surface area contributed by atoms with Crippen LogP contribution in [-0.2, 0) is 4.79 Å². The van der Waals surface area contributed by atoms with Crippen LogP contribution in [0.1, 0.15) is 27.1 Å². The molecular formula is C13H14N2O3S. The lowest BCUT2D eigenvalue weighted by Gasteiger charge is -2.22. The minimum atomic E-state index is -0.875. The molecule has 0 radical (unpaired) electrons. The number of nitrogens with zero attached hydrogens (tertiary/aromatic N) is 1. The van der Waals surface area contributed by atoms with Crippen LogP contribution >= 0.6 is 11.8 Å². The Hall–Kier alpha value is -1.82. The Morgan fingerprint density at radius 3 is 2.21 bits per heavy atom. The number of nitrogens with two attached hydrogens (primary N) is 1. The molecular weight excluding hydrogens is 264 g/mol. The number of rotatable bonds is 5. The van der Waals surface area contributed by atoms with Gasteiger partial charge < -0.3 is 5.73 Å². The summed E-state index contributed by atoms with van der Waals surface area (Å²) in [5, 5.41) is 0. The molecule has 0 bridgehead atoms. The summed E-state index contributed by atoms with van der Waals surface area (Å²) in [6, 6.07) is 5.67. The molecule has 2 rings (SSSR count). The molecule has 0 saturated heterocycles. The molecule has 1 aliphatic heterocycles. The molecule has 3 amide bonds. The van der Waals surface area contributed by atoms with Crippen LogP contribution < -0.4 is 5.73 Å². The van der Waals surface area contributed by atoms with E-state index in [1.165, 1.54) is 11.8 Å². The van der Waals surface area contributed by atoms with Crippen LogP contribution in [0, 0.1) is 0 Å². The van der Waals surface area contributed by atoms with E-state index in [1.54, 1.807) is 24.3 Å². The summed E-state index contributed by atoms with van der Waals surface area (Å²) in [4.78, 5) is 36.9. The van der Waals surface area contributed by atoms with Gasteiger partial charge in [0.1, 0.15) is 6.04 Å². The highest BCUT2D eigenvalue weighted by Gasteiger charge is 2.41. The third kappa shape index (κ3) is 2.35. The van der Waals surface area contributed by atoms with Gasteiger partial charge in [-0.1, -0.05) is 12.1 Å². The minimum absolute atomic E-state index is 0.336. The fourth-order valence-corrected chi connectivity index (χ4v) is 2.58. The van der Waals surface area contributed by atoms with Crippen molar-refractivity contribution in [3.8, 4) is 0 Å². The van der Waals surface area contributed by atoms with Crippen molar-refractivity contribution in [2.24, 2.45) is 5.73 Å². The number of carbonyl (C=O) groups excluding carboxylic acids is 3. The number of imide groups is 1. The maximum atomic E-state index is 12.2. The molecule has 0 fully saturated rings. The number of hydrogen-bond donors (Lipinski definition) is 1. The highest BCUT2D eigenvalue weighted by molar-refractivity contribution is 7.98. The fourth-order valence-electron chi connectivity index (χ4n) is 2.12. The second-order valence-corrected chi connectivity index (χ2v) is 5.21. The van der Waals surface area contributed by atoms with E-state index in [4.69, 9.17) is 5.73 Å². The molecule has 0 aliphatic carbocycles. The second kappa shape index (κ2) is 5.44. The molecule has 1 aromatic carbocycles. The molecule has 100 valence electrons. The molecule has 1 heterocycles. The van der Waals surface area contributed by atoms with Crippen molar-refractivity contribution >= 4 is 29.5 Å². The first kappa shape index (κ1) is 13.6. The Kier molecular flexibility index (Phi) is 3.90. The molecule has 1 aliphatic rings. The van der Waals surface area contributed by atoms with Crippen LogP contribution in [0.2, 0.25) is 0 Å². The van der Waals surface area contributed by atoms with Crippen molar-refractivity contribution in [1.82, 2.24) is 4.90 Å². The van der Waals surface area contributed by atoms with Crippen LogP contribution in [0.4, 0.5) is 0 Å². The van der Waals surface area contributed by atoms with E-state index in [1.807, 2.05) is 6.26 Å². The molecule has 6 heteroatoms. The second-order valence-electron chi connectivity index (χ2n) is 4.23. The summed E-state index contributed by atoms with van der Waals surface area (Å²) < 4.78 is 0. The largest absolute Gasteiger partial charge is 0.368 e. The number of amides is 3. The predicted octanol–water partition coefficient (Wildman–Crippen LogP) is 0.890. The Morgan fingerprint density at radius 1 is 1.26 bits per heavy atom. The van der Waals surface area contributed by atoms with Crippen molar-refractivity contribution < 1.29 is 14.4 Å². The molecule has 19 heavy (non-hydrogen) atoms. The molecule has 1 aromatic rings. The molecule has 0 saturated carbocycles. The standard InChI is InChI=1S/C13H14N2O3S/c1-19-7-6-10(11(14)16)15-12(17)8-4-2-3-5-9(8)13(15)18/h2-5,10H,6-7H2,1H3,(H2,14,16). The van der Waals surface area contributed by atoms with Crippen LogP contribution in [0.25, 0.3) is 0 Å². The highest BCUT2D eigenvalue weighted by Crippen LogP contribution is 2.25. The fraction of sp³-hybridized carbons (Fsp3) is 0.308. The van der Waals surface area contributed by atoms with Crippen LogP contribution in [0.15, 0.2) is 24.3 Å². The van der Waals surface area contributed by atoms with E-state index in [0.29, 0.717) is 23.3 Å². The maximum Gasteiger partial charge on any atom is 0.262 e. The van der Waals surface area contributed by atoms with E-state index >= 15 is 0 Å². The quantitative estimate of drug-likeness (QED) is 0.811. The summed E-state index contributed by atoms with van der Waals surface area (Å²) in [7, 11) is 0. The number of benzene rings is 1. The average Bonchev–Trinajstić information content (AvgIpc) is 2.64. The van der Waals surface area contributed by atoms with Crippen molar-refractivity contribution in [3.63, 3.8) is 0 Å². The lowest BCUT2D eigenvalue weighted by Crippen LogP contribution is -2.48. The maximum absolute atomic E-state index is 12.2. The van der Waals surface area contributed by atoms with E-state index in [9.17, 15) is 14.4 Å². The van der Waals surface area contributed by atoms with Gasteiger partial charge in [-0.05, 0) is 30.6 Å². The minimum Gasteiger partial charge on any atom is -0.368 e. The molecule has 2 N–H and O–H groups in total. The Morgan fingerprint density at radius 2 is 1.79 bits per heavy atom. The Labute approximate surface area is 115 Å². The van der Waals surface area contributed by atoms with Gasteiger partial charge in [-0.15, -0.1) is 0 Å². The lowest BCUT2D eigenvalue weighted by molar-refractivity contribution is -0.121. The normalized spacial score (nSPS) is 15.5. The molecule has 5 nitrogen and oxygen atoms in total. The smallest absolute Gasteiger partial charge is 0.262 e. The van der Waals surface area contributed by atoms with Crippen LogP contribution in [-0.4, -0.2) is 40.7 Å². The van der Waals surface area contributed by atoms with Gasteiger partial charge >= 0.3 is 0 Å². The summed E-state index contributed by atoms with van der Waals surface area (Å²) >= 11 is 1.54. The monoisotopic (exact) mass is 278 g/mol. The third-order valence-electron chi connectivity index (χ3n) is 3.06. The number of thioether (sulfide) groups is 1. The lowest BCUT2D eigenvalue weighted by atomic mass is 10.1. The van der Waals surface area contributed by atoms with E-state index in [-0.39, 0.29) is 0 Å². The van der Waals surface area contributed by atoms with Crippen molar-refractivity contribution in [2.45, 2.75) is 12.5 Å². The summed E-state index contributed by atoms with van der Waals surface area (Å²) in [5.41, 5.74) is 5.99. The topological polar surface area (TPSA) is 80.5 Å². The predicted molar refractivity (Wildman–Crippen MR) is 72.9 cm³/mol. The van der Waals surface area contributed by atoms with Gasteiger partial charge in [-0.3, -0.25) is 19.3 Å². The number of primary amides is 1. The Balaban J connectivity index is 2.33. The highest BCUT2D eigenvalue weighted by atomic mass is 32.2. The number of carbonyl (C=O) groups is 3. The van der Waals surface area contributed by atoms with Gasteiger partial charge in [0.2, 0.25) is 5.91 Å². The first-order chi connectivity index (χ1) is 9.07. The third-order valence-corrected chi connectivity index (χ3v) is 3.70. The first-order valence-electron chi connectivity index (χ1n) is 5.83. The zero-order chi connectivity index (χ0) is 14.0.